The molecule has 0 aliphatic carbocycles. The quantitative estimate of drug-likeness (QED) is 0.662. The third-order valence-corrected chi connectivity index (χ3v) is 5.68. The fourth-order valence-corrected chi connectivity index (χ4v) is 4.66. The second kappa shape index (κ2) is 5.94. The predicted octanol–water partition coefficient (Wildman–Crippen LogP) is 5.19. The van der Waals surface area contributed by atoms with E-state index in [0.29, 0.717) is 17.9 Å². The van der Waals surface area contributed by atoms with Gasteiger partial charge < -0.3 is 0 Å². The zero-order valence-corrected chi connectivity index (χ0v) is 15.2. The summed E-state index contributed by atoms with van der Waals surface area (Å²) < 4.78 is 1.09. The van der Waals surface area contributed by atoms with Gasteiger partial charge in [-0.2, -0.15) is 0 Å². The summed E-state index contributed by atoms with van der Waals surface area (Å²) in [5.74, 6) is 1.24. The molecule has 1 aromatic carbocycles. The summed E-state index contributed by atoms with van der Waals surface area (Å²) in [4.78, 5) is 2.61. The monoisotopic (exact) mass is 397 g/mol. The molecule has 0 N–H and O–H groups in total. The van der Waals surface area contributed by atoms with Gasteiger partial charge in [-0.1, -0.05) is 35.9 Å². The lowest BCUT2D eigenvalue weighted by atomic mass is 9.76. The van der Waals surface area contributed by atoms with Crippen molar-refractivity contribution in [3.05, 3.63) is 44.9 Å². The first-order valence-corrected chi connectivity index (χ1v) is 8.96. The topological polar surface area (TPSA) is 3.24 Å². The van der Waals surface area contributed by atoms with Gasteiger partial charge in [-0.05, 0) is 76.6 Å². The highest BCUT2D eigenvalue weighted by Crippen LogP contribution is 2.47. The Morgan fingerprint density at radius 3 is 2.55 bits per heavy atom. The summed E-state index contributed by atoms with van der Waals surface area (Å²) >= 11 is 7.14. The minimum absolute atomic E-state index is 0.593. The summed E-state index contributed by atoms with van der Waals surface area (Å²) in [6, 6.07) is 10.6. The van der Waals surface area contributed by atoms with Crippen LogP contribution in [0.2, 0.25) is 0 Å². The number of nitrogens with zero attached hydrogens (tertiary/aromatic N) is 1. The van der Waals surface area contributed by atoms with E-state index < -0.39 is 0 Å². The van der Waals surface area contributed by atoms with Gasteiger partial charge in [0.25, 0.3) is 0 Å². The molecule has 2 bridgehead atoms. The Morgan fingerprint density at radius 2 is 1.90 bits per heavy atom. The van der Waals surface area contributed by atoms with Crippen LogP contribution in [0.5, 0.6) is 0 Å². The number of benzene rings is 1. The summed E-state index contributed by atoms with van der Waals surface area (Å²) in [7, 11) is 2.30. The average molecular weight is 399 g/mol. The average Bonchev–Trinajstić information content (AvgIpc) is 2.65. The first kappa shape index (κ1) is 14.8. The Hall–Kier alpha value is -0.120. The van der Waals surface area contributed by atoms with Crippen molar-refractivity contribution in [2.24, 2.45) is 5.92 Å². The van der Waals surface area contributed by atoms with Crippen molar-refractivity contribution in [2.75, 3.05) is 7.05 Å². The van der Waals surface area contributed by atoms with Crippen LogP contribution >= 0.6 is 31.9 Å². The number of aryl methyl sites for hydroxylation is 1. The van der Waals surface area contributed by atoms with Crippen LogP contribution in [0.4, 0.5) is 0 Å². The Labute approximate surface area is 138 Å². The molecule has 0 aromatic heterocycles. The van der Waals surface area contributed by atoms with Crippen molar-refractivity contribution in [1.82, 2.24) is 4.90 Å². The first-order chi connectivity index (χ1) is 9.56. The normalized spacial score (nSPS) is 33.2. The van der Waals surface area contributed by atoms with Crippen molar-refractivity contribution >= 4 is 31.9 Å². The van der Waals surface area contributed by atoms with E-state index in [4.69, 9.17) is 0 Å². The molecular formula is C17H21Br2N. The van der Waals surface area contributed by atoms with Crippen LogP contribution in [-0.4, -0.2) is 24.0 Å². The van der Waals surface area contributed by atoms with E-state index in [-0.39, 0.29) is 0 Å². The Bertz CT molecular complexity index is 504. The van der Waals surface area contributed by atoms with Crippen molar-refractivity contribution in [1.29, 1.82) is 0 Å². The molecule has 108 valence electrons. The molecule has 0 saturated carbocycles. The second-order valence-corrected chi connectivity index (χ2v) is 9.02. The fourth-order valence-electron chi connectivity index (χ4n) is 4.05. The lowest BCUT2D eigenvalue weighted by Gasteiger charge is -2.42. The lowest BCUT2D eigenvalue weighted by Crippen LogP contribution is -2.45. The maximum Gasteiger partial charge on any atom is 0.0567 e. The van der Waals surface area contributed by atoms with Gasteiger partial charge >= 0.3 is 0 Å². The highest BCUT2D eigenvalue weighted by atomic mass is 79.9. The van der Waals surface area contributed by atoms with E-state index in [1.54, 1.807) is 0 Å². The van der Waals surface area contributed by atoms with Gasteiger partial charge in [0, 0.05) is 18.0 Å². The minimum Gasteiger partial charge on any atom is -0.300 e. The molecule has 2 fully saturated rings. The molecule has 2 aliphatic rings. The largest absolute Gasteiger partial charge is 0.300 e. The van der Waals surface area contributed by atoms with Gasteiger partial charge in [-0.15, -0.1) is 0 Å². The number of halogens is 2. The molecule has 3 heteroatoms. The van der Waals surface area contributed by atoms with Crippen LogP contribution in [0.15, 0.2) is 33.7 Å². The Balaban J connectivity index is 1.95. The smallest absolute Gasteiger partial charge is 0.0567 e. The van der Waals surface area contributed by atoms with Crippen LogP contribution in [0.3, 0.4) is 0 Å². The van der Waals surface area contributed by atoms with Crippen LogP contribution < -0.4 is 0 Å². The molecule has 3 rings (SSSR count). The third-order valence-electron chi connectivity index (χ3n) is 5.15. The second-order valence-electron chi connectivity index (χ2n) is 6.25. The number of piperidine rings is 1. The van der Waals surface area contributed by atoms with Gasteiger partial charge in [0.1, 0.15) is 0 Å². The maximum atomic E-state index is 3.57. The van der Waals surface area contributed by atoms with Crippen LogP contribution in [0.1, 0.15) is 36.3 Å². The van der Waals surface area contributed by atoms with E-state index in [9.17, 15) is 0 Å². The molecule has 1 nitrogen and oxygen atoms in total. The standard InChI is InChI=1S/C17H21Br2N/c1-11-3-5-12(6-4-11)14-9-13-7-8-16(20(13)2)15(14)10-17(18)19/h3-6,10,13-16H,7-9H2,1-2H3/t13-,14+,15+,16+/m0/s1. The SMILES string of the molecule is Cc1ccc([C@H]2C[C@@H]3CC[C@H]([C@@H]2C=C(Br)Br)N3C)cc1. The summed E-state index contributed by atoms with van der Waals surface area (Å²) in [5, 5.41) is 0. The molecule has 0 radical (unpaired) electrons. The van der Waals surface area contributed by atoms with Crippen LogP contribution in [-0.2, 0) is 0 Å². The maximum absolute atomic E-state index is 3.57. The molecule has 20 heavy (non-hydrogen) atoms. The molecule has 0 amide bonds. The van der Waals surface area contributed by atoms with Crippen LogP contribution in [0, 0.1) is 12.8 Å². The van der Waals surface area contributed by atoms with E-state index >= 15 is 0 Å². The zero-order chi connectivity index (χ0) is 14.3. The minimum atomic E-state index is 0.593. The Morgan fingerprint density at radius 1 is 1.20 bits per heavy atom. The lowest BCUT2D eigenvalue weighted by molar-refractivity contribution is 0.124. The highest BCUT2D eigenvalue weighted by Gasteiger charge is 2.44. The third kappa shape index (κ3) is 2.77. The van der Waals surface area contributed by atoms with Crippen molar-refractivity contribution in [3.8, 4) is 0 Å². The molecule has 1 aromatic rings. The molecule has 0 spiro atoms. The van der Waals surface area contributed by atoms with Gasteiger partial charge in [0.15, 0.2) is 0 Å². The number of hydrogen-bond donors (Lipinski definition) is 0. The predicted molar refractivity (Wildman–Crippen MR) is 92.5 cm³/mol. The molecule has 0 unspecified atom stereocenters. The molecule has 4 atom stereocenters. The molecule has 2 heterocycles. The number of fused-ring (bicyclic) bond motifs is 2. The zero-order valence-electron chi connectivity index (χ0n) is 12.0. The molecular weight excluding hydrogens is 378 g/mol. The van der Waals surface area contributed by atoms with Crippen molar-refractivity contribution < 1.29 is 0 Å². The van der Waals surface area contributed by atoms with E-state index in [1.165, 1.54) is 30.4 Å². The van der Waals surface area contributed by atoms with Gasteiger partial charge in [0.05, 0.1) is 3.39 Å². The molecule has 2 saturated heterocycles. The first-order valence-electron chi connectivity index (χ1n) is 7.37. The van der Waals surface area contributed by atoms with E-state index in [2.05, 4.69) is 81.1 Å². The van der Waals surface area contributed by atoms with Gasteiger partial charge in [0.2, 0.25) is 0 Å². The van der Waals surface area contributed by atoms with Crippen molar-refractivity contribution in [2.45, 2.75) is 44.2 Å². The van der Waals surface area contributed by atoms with Crippen molar-refractivity contribution in [3.63, 3.8) is 0 Å². The summed E-state index contributed by atoms with van der Waals surface area (Å²) in [5.41, 5.74) is 2.85. The van der Waals surface area contributed by atoms with E-state index in [0.717, 1.165) is 9.43 Å². The van der Waals surface area contributed by atoms with Gasteiger partial charge in [-0.3, -0.25) is 4.90 Å². The van der Waals surface area contributed by atoms with Crippen LogP contribution in [0.25, 0.3) is 0 Å². The Kier molecular flexibility index (Phi) is 4.40. The van der Waals surface area contributed by atoms with E-state index in [1.807, 2.05) is 0 Å². The molecule has 2 aliphatic heterocycles. The summed E-state index contributed by atoms with van der Waals surface area (Å²) in [6.07, 6.45) is 6.34. The fraction of sp³-hybridized carbons (Fsp3) is 0.529. The highest BCUT2D eigenvalue weighted by molar-refractivity contribution is 9.28. The van der Waals surface area contributed by atoms with Gasteiger partial charge in [-0.25, -0.2) is 0 Å². The number of hydrogen-bond acceptors (Lipinski definition) is 1. The summed E-state index contributed by atoms with van der Waals surface area (Å²) in [6.45, 7) is 2.16. The number of rotatable bonds is 2.